The van der Waals surface area contributed by atoms with Crippen molar-refractivity contribution in [3.63, 3.8) is 0 Å². The summed E-state index contributed by atoms with van der Waals surface area (Å²) in [6, 6.07) is 6.49. The topological polar surface area (TPSA) is 54.3 Å². The van der Waals surface area contributed by atoms with Crippen molar-refractivity contribution in [2.75, 3.05) is 26.2 Å². The summed E-state index contributed by atoms with van der Waals surface area (Å²) >= 11 is 0. The van der Waals surface area contributed by atoms with Crippen molar-refractivity contribution in [3.05, 3.63) is 23.8 Å². The van der Waals surface area contributed by atoms with E-state index in [-0.39, 0.29) is 5.91 Å². The molecule has 0 N–H and O–H groups in total. The fourth-order valence-electron chi connectivity index (χ4n) is 5.27. The maximum Gasteiger partial charge on any atom is 0.254 e. The Morgan fingerprint density at radius 2 is 1.96 bits per heavy atom. The number of hydrogen-bond donors (Lipinski definition) is 0. The van der Waals surface area contributed by atoms with Gasteiger partial charge in [-0.05, 0) is 49.3 Å². The molecule has 1 amide bonds. The molecule has 1 aromatic heterocycles. The van der Waals surface area contributed by atoms with Crippen LogP contribution in [0.15, 0.2) is 18.2 Å². The standard InChI is InChI=1S/C19H25N5O/c1-22-17-5-4-15(12-16(17)20-21-22)19(25)24-8-6-23(7-9-24)18-11-13-2-3-14(18)10-13/h4-5,12-14,18H,2-3,6-11H2,1H3/t13-,14-,18+/m0/s1. The number of piperazine rings is 1. The molecule has 0 spiro atoms. The number of carbonyl (C=O) groups excluding carboxylic acids is 1. The Hall–Kier alpha value is -1.95. The van der Waals surface area contributed by atoms with Gasteiger partial charge in [-0.25, -0.2) is 4.68 Å². The summed E-state index contributed by atoms with van der Waals surface area (Å²) in [5, 5.41) is 8.14. The van der Waals surface area contributed by atoms with E-state index < -0.39 is 0 Å². The third kappa shape index (κ3) is 2.54. The van der Waals surface area contributed by atoms with Crippen molar-refractivity contribution < 1.29 is 4.79 Å². The number of fused-ring (bicyclic) bond motifs is 3. The van der Waals surface area contributed by atoms with Crippen molar-refractivity contribution >= 4 is 16.9 Å². The zero-order chi connectivity index (χ0) is 17.0. The minimum atomic E-state index is 0.125. The molecule has 3 atom stereocenters. The molecule has 2 aliphatic carbocycles. The van der Waals surface area contributed by atoms with Gasteiger partial charge in [0.25, 0.3) is 5.91 Å². The van der Waals surface area contributed by atoms with Gasteiger partial charge in [-0.3, -0.25) is 9.69 Å². The predicted molar refractivity (Wildman–Crippen MR) is 95.2 cm³/mol. The van der Waals surface area contributed by atoms with Crippen LogP contribution in [-0.4, -0.2) is 62.9 Å². The fourth-order valence-corrected chi connectivity index (χ4v) is 5.27. The van der Waals surface area contributed by atoms with Gasteiger partial charge >= 0.3 is 0 Å². The molecule has 6 heteroatoms. The van der Waals surface area contributed by atoms with Crippen LogP contribution in [0.3, 0.4) is 0 Å². The monoisotopic (exact) mass is 339 g/mol. The van der Waals surface area contributed by atoms with E-state index >= 15 is 0 Å². The highest BCUT2D eigenvalue weighted by Gasteiger charge is 2.42. The van der Waals surface area contributed by atoms with Crippen LogP contribution >= 0.6 is 0 Å². The lowest BCUT2D eigenvalue weighted by molar-refractivity contribution is 0.0496. The molecule has 1 aromatic carbocycles. The zero-order valence-electron chi connectivity index (χ0n) is 14.8. The number of hydrogen-bond acceptors (Lipinski definition) is 4. The minimum Gasteiger partial charge on any atom is -0.336 e. The lowest BCUT2D eigenvalue weighted by Crippen LogP contribution is -2.53. The van der Waals surface area contributed by atoms with E-state index in [9.17, 15) is 4.79 Å². The van der Waals surface area contributed by atoms with Crippen molar-refractivity contribution in [2.24, 2.45) is 18.9 Å². The Morgan fingerprint density at radius 1 is 1.12 bits per heavy atom. The average Bonchev–Trinajstić information content (AvgIpc) is 3.37. The van der Waals surface area contributed by atoms with Crippen LogP contribution in [0.5, 0.6) is 0 Å². The first-order valence-corrected chi connectivity index (χ1v) is 9.52. The molecule has 0 unspecified atom stereocenters. The number of carbonyl (C=O) groups is 1. The second kappa shape index (κ2) is 5.80. The Labute approximate surface area is 147 Å². The van der Waals surface area contributed by atoms with E-state index in [0.717, 1.165) is 60.7 Å². The smallest absolute Gasteiger partial charge is 0.254 e. The second-order valence-electron chi connectivity index (χ2n) is 7.99. The number of rotatable bonds is 2. The van der Waals surface area contributed by atoms with Crippen LogP contribution in [0.2, 0.25) is 0 Å². The molecule has 3 fully saturated rings. The maximum absolute atomic E-state index is 12.9. The first kappa shape index (κ1) is 15.3. The Balaban J connectivity index is 1.26. The highest BCUT2D eigenvalue weighted by Crippen LogP contribution is 2.46. The molecule has 5 rings (SSSR count). The average molecular weight is 339 g/mol. The normalized spacial score (nSPS) is 29.6. The zero-order valence-corrected chi connectivity index (χ0v) is 14.8. The van der Waals surface area contributed by atoms with E-state index in [1.54, 1.807) is 4.68 Å². The van der Waals surface area contributed by atoms with Gasteiger partial charge in [-0.2, -0.15) is 0 Å². The first-order valence-electron chi connectivity index (χ1n) is 9.52. The fraction of sp³-hybridized carbons (Fsp3) is 0.632. The first-order chi connectivity index (χ1) is 12.2. The predicted octanol–water partition coefficient (Wildman–Crippen LogP) is 1.91. The van der Waals surface area contributed by atoms with E-state index in [0.29, 0.717) is 0 Å². The molecular weight excluding hydrogens is 314 g/mol. The summed E-state index contributed by atoms with van der Waals surface area (Å²) in [5.74, 6) is 2.03. The van der Waals surface area contributed by atoms with Crippen LogP contribution < -0.4 is 0 Å². The Bertz CT molecular complexity index is 807. The van der Waals surface area contributed by atoms with E-state index in [2.05, 4.69) is 15.2 Å². The van der Waals surface area contributed by atoms with Gasteiger partial charge < -0.3 is 4.90 Å². The number of aromatic nitrogens is 3. The summed E-state index contributed by atoms with van der Waals surface area (Å²) in [5.41, 5.74) is 2.47. The molecule has 2 bridgehead atoms. The van der Waals surface area contributed by atoms with Crippen LogP contribution in [0.4, 0.5) is 0 Å². The summed E-state index contributed by atoms with van der Waals surface area (Å²) in [6.07, 6.45) is 5.71. The van der Waals surface area contributed by atoms with Gasteiger partial charge in [0.05, 0.1) is 5.52 Å². The number of nitrogens with zero attached hydrogens (tertiary/aromatic N) is 5. The number of aryl methyl sites for hydroxylation is 1. The molecule has 6 nitrogen and oxygen atoms in total. The minimum absolute atomic E-state index is 0.125. The lowest BCUT2D eigenvalue weighted by Gasteiger charge is -2.41. The van der Waals surface area contributed by atoms with Crippen molar-refractivity contribution in [1.29, 1.82) is 0 Å². The Kier molecular flexibility index (Phi) is 3.55. The van der Waals surface area contributed by atoms with Gasteiger partial charge in [0, 0.05) is 44.8 Å². The van der Waals surface area contributed by atoms with Gasteiger partial charge in [0.15, 0.2) is 0 Å². The third-order valence-corrected chi connectivity index (χ3v) is 6.63. The van der Waals surface area contributed by atoms with Gasteiger partial charge in [-0.1, -0.05) is 11.6 Å². The number of amides is 1. The van der Waals surface area contributed by atoms with Gasteiger partial charge in [0.2, 0.25) is 0 Å². The number of benzene rings is 1. The summed E-state index contributed by atoms with van der Waals surface area (Å²) < 4.78 is 1.73. The summed E-state index contributed by atoms with van der Waals surface area (Å²) in [6.45, 7) is 3.72. The molecule has 25 heavy (non-hydrogen) atoms. The maximum atomic E-state index is 12.9. The molecule has 3 aliphatic rings. The molecule has 0 radical (unpaired) electrons. The largest absolute Gasteiger partial charge is 0.336 e. The quantitative estimate of drug-likeness (QED) is 0.839. The highest BCUT2D eigenvalue weighted by molar-refractivity contribution is 5.97. The van der Waals surface area contributed by atoms with E-state index in [1.807, 2.05) is 30.1 Å². The molecular formula is C19H25N5O. The van der Waals surface area contributed by atoms with E-state index in [4.69, 9.17) is 0 Å². The third-order valence-electron chi connectivity index (χ3n) is 6.63. The Morgan fingerprint density at radius 3 is 2.68 bits per heavy atom. The van der Waals surface area contributed by atoms with Crippen molar-refractivity contribution in [2.45, 2.75) is 31.7 Å². The van der Waals surface area contributed by atoms with E-state index in [1.165, 1.54) is 25.7 Å². The second-order valence-corrected chi connectivity index (χ2v) is 7.99. The van der Waals surface area contributed by atoms with Crippen LogP contribution in [0, 0.1) is 11.8 Å². The molecule has 2 heterocycles. The van der Waals surface area contributed by atoms with Crippen LogP contribution in [-0.2, 0) is 7.05 Å². The van der Waals surface area contributed by atoms with Gasteiger partial charge in [0.1, 0.15) is 5.52 Å². The molecule has 132 valence electrons. The molecule has 2 aromatic rings. The SMILES string of the molecule is Cn1nnc2cc(C(=O)N3CCN([C@@H]4C[C@H]5CC[C@H]4C5)CC3)ccc21. The van der Waals surface area contributed by atoms with Crippen molar-refractivity contribution in [3.8, 4) is 0 Å². The lowest BCUT2D eigenvalue weighted by atomic mass is 9.93. The van der Waals surface area contributed by atoms with Crippen molar-refractivity contribution in [1.82, 2.24) is 24.8 Å². The van der Waals surface area contributed by atoms with Crippen LogP contribution in [0.25, 0.3) is 11.0 Å². The molecule has 1 aliphatic heterocycles. The summed E-state index contributed by atoms with van der Waals surface area (Å²) in [4.78, 5) is 17.5. The highest BCUT2D eigenvalue weighted by atomic mass is 16.2. The summed E-state index contributed by atoms with van der Waals surface area (Å²) in [7, 11) is 1.87. The molecule has 1 saturated heterocycles. The van der Waals surface area contributed by atoms with Crippen LogP contribution in [0.1, 0.15) is 36.0 Å². The van der Waals surface area contributed by atoms with Gasteiger partial charge in [-0.15, -0.1) is 5.10 Å². The molecule has 2 saturated carbocycles.